The molecule has 0 saturated carbocycles. The van der Waals surface area contributed by atoms with E-state index in [-0.39, 0.29) is 4.90 Å². The van der Waals surface area contributed by atoms with Crippen LogP contribution in [0.1, 0.15) is 12.0 Å². The Balaban J connectivity index is 1.43. The maximum Gasteiger partial charge on any atom is 0.269 e. The second-order valence-corrected chi connectivity index (χ2v) is 8.64. The van der Waals surface area contributed by atoms with Crippen LogP contribution in [-0.4, -0.2) is 24.0 Å². The zero-order valence-electron chi connectivity index (χ0n) is 16.4. The highest BCUT2D eigenvalue weighted by molar-refractivity contribution is 7.90. The highest BCUT2D eigenvalue weighted by atomic mass is 32.2. The zero-order valence-corrected chi connectivity index (χ0v) is 17.2. The summed E-state index contributed by atoms with van der Waals surface area (Å²) in [7, 11) is -3.71. The molecule has 152 valence electrons. The molecule has 0 fully saturated rings. The van der Waals surface area contributed by atoms with Gasteiger partial charge >= 0.3 is 0 Å². The largest absolute Gasteiger partial charge is 0.494 e. The van der Waals surface area contributed by atoms with Gasteiger partial charge in [0, 0.05) is 18.0 Å². The average Bonchev–Trinajstić information content (AvgIpc) is 3.29. The van der Waals surface area contributed by atoms with E-state index in [2.05, 4.69) is 17.1 Å². The Labute approximate surface area is 176 Å². The Morgan fingerprint density at radius 1 is 0.833 bits per heavy atom. The van der Waals surface area contributed by atoms with Crippen molar-refractivity contribution in [2.24, 2.45) is 0 Å². The van der Waals surface area contributed by atoms with Gasteiger partial charge < -0.3 is 4.74 Å². The molecule has 1 heterocycles. The fraction of sp³-hybridized carbons (Fsp3) is 0.125. The molecule has 0 atom stereocenters. The van der Waals surface area contributed by atoms with Gasteiger partial charge in [0.2, 0.25) is 0 Å². The molecule has 0 bridgehead atoms. The van der Waals surface area contributed by atoms with Crippen molar-refractivity contribution in [3.05, 3.63) is 103 Å². The van der Waals surface area contributed by atoms with Gasteiger partial charge in [-0.3, -0.25) is 0 Å². The lowest BCUT2D eigenvalue weighted by Gasteiger charge is -2.10. The molecule has 0 unspecified atom stereocenters. The number of hydrogen-bond donors (Lipinski definition) is 0. The average molecular weight is 419 g/mol. The predicted octanol–water partition coefficient (Wildman–Crippen LogP) is 4.80. The molecule has 0 aliphatic heterocycles. The molecule has 6 heteroatoms. The first kappa shape index (κ1) is 19.9. The van der Waals surface area contributed by atoms with Crippen molar-refractivity contribution in [3.8, 4) is 17.1 Å². The van der Waals surface area contributed by atoms with E-state index in [4.69, 9.17) is 4.74 Å². The van der Waals surface area contributed by atoms with Gasteiger partial charge in [-0.25, -0.2) is 17.4 Å². The van der Waals surface area contributed by atoms with Crippen molar-refractivity contribution in [1.29, 1.82) is 0 Å². The van der Waals surface area contributed by atoms with Gasteiger partial charge in [-0.2, -0.15) is 0 Å². The highest BCUT2D eigenvalue weighted by Crippen LogP contribution is 2.25. The van der Waals surface area contributed by atoms with Gasteiger partial charge in [-0.05, 0) is 54.8 Å². The molecule has 0 spiro atoms. The monoisotopic (exact) mass is 418 g/mol. The summed E-state index contributed by atoms with van der Waals surface area (Å²) in [5.41, 5.74) is 2.00. The minimum absolute atomic E-state index is 0.225. The summed E-state index contributed by atoms with van der Waals surface area (Å²) >= 11 is 0. The zero-order chi connectivity index (χ0) is 20.8. The van der Waals surface area contributed by atoms with Crippen molar-refractivity contribution in [2.75, 3.05) is 6.61 Å². The van der Waals surface area contributed by atoms with E-state index in [0.717, 1.165) is 18.6 Å². The number of aryl methyl sites for hydroxylation is 1. The minimum atomic E-state index is -3.71. The number of benzene rings is 3. The van der Waals surface area contributed by atoms with Crippen LogP contribution in [0.4, 0.5) is 0 Å². The van der Waals surface area contributed by atoms with E-state index < -0.39 is 10.0 Å². The summed E-state index contributed by atoms with van der Waals surface area (Å²) in [4.78, 5) is 4.48. The first-order valence-corrected chi connectivity index (χ1v) is 11.2. The second kappa shape index (κ2) is 8.97. The smallest absolute Gasteiger partial charge is 0.269 e. The topological polar surface area (TPSA) is 61.2 Å². The minimum Gasteiger partial charge on any atom is -0.494 e. The molecule has 0 aliphatic carbocycles. The van der Waals surface area contributed by atoms with Crippen LogP contribution < -0.4 is 4.74 Å². The summed E-state index contributed by atoms with van der Waals surface area (Å²) in [6, 6.07) is 26.0. The van der Waals surface area contributed by atoms with E-state index in [0.29, 0.717) is 18.0 Å². The van der Waals surface area contributed by atoms with Crippen LogP contribution >= 0.6 is 0 Å². The quantitative estimate of drug-likeness (QED) is 0.386. The molecule has 5 nitrogen and oxygen atoms in total. The molecular weight excluding hydrogens is 396 g/mol. The molecule has 0 N–H and O–H groups in total. The third kappa shape index (κ3) is 4.44. The molecule has 0 saturated heterocycles. The fourth-order valence-electron chi connectivity index (χ4n) is 3.20. The lowest BCUT2D eigenvalue weighted by atomic mass is 10.1. The molecule has 0 aliphatic rings. The Bertz CT molecular complexity index is 1190. The van der Waals surface area contributed by atoms with Crippen LogP contribution in [0.3, 0.4) is 0 Å². The normalized spacial score (nSPS) is 11.3. The van der Waals surface area contributed by atoms with Gasteiger partial charge in [-0.1, -0.05) is 48.5 Å². The van der Waals surface area contributed by atoms with E-state index >= 15 is 0 Å². The van der Waals surface area contributed by atoms with Crippen molar-refractivity contribution in [1.82, 2.24) is 8.96 Å². The molecule has 30 heavy (non-hydrogen) atoms. The SMILES string of the molecule is O=S(=O)(c1ccccc1)n1ccnc1-c1ccc(OCCCc2ccccc2)cc1. The number of imidazole rings is 1. The lowest BCUT2D eigenvalue weighted by Crippen LogP contribution is -2.13. The van der Waals surface area contributed by atoms with Crippen LogP contribution in [0.5, 0.6) is 5.75 Å². The first-order valence-electron chi connectivity index (χ1n) is 9.76. The van der Waals surface area contributed by atoms with Gasteiger partial charge in [0.1, 0.15) is 5.75 Å². The van der Waals surface area contributed by atoms with E-state index in [9.17, 15) is 8.42 Å². The molecule has 4 aromatic rings. The molecule has 3 aromatic carbocycles. The van der Waals surface area contributed by atoms with Crippen LogP contribution in [0.15, 0.2) is 102 Å². The first-order chi connectivity index (χ1) is 14.6. The van der Waals surface area contributed by atoms with Gasteiger partial charge in [0.15, 0.2) is 5.82 Å². The van der Waals surface area contributed by atoms with Crippen molar-refractivity contribution < 1.29 is 13.2 Å². The van der Waals surface area contributed by atoms with Crippen LogP contribution in [0, 0.1) is 0 Å². The van der Waals surface area contributed by atoms with Crippen molar-refractivity contribution >= 4 is 10.0 Å². The maximum atomic E-state index is 12.9. The standard InChI is InChI=1S/C24H22N2O3S/c27-30(28,23-11-5-2-6-12-23)26-18-17-25-24(26)21-13-15-22(16-14-21)29-19-7-10-20-8-3-1-4-9-20/h1-6,8-9,11-18H,7,10,19H2. The van der Waals surface area contributed by atoms with Crippen LogP contribution in [-0.2, 0) is 16.4 Å². The second-order valence-electron chi connectivity index (χ2n) is 6.83. The van der Waals surface area contributed by atoms with E-state index in [1.54, 1.807) is 30.3 Å². The summed E-state index contributed by atoms with van der Waals surface area (Å²) in [5, 5.41) is 0. The molecule has 4 rings (SSSR count). The molecule has 0 radical (unpaired) electrons. The number of hydrogen-bond acceptors (Lipinski definition) is 4. The van der Waals surface area contributed by atoms with E-state index in [1.165, 1.54) is 21.9 Å². The number of rotatable bonds is 8. The third-order valence-electron chi connectivity index (χ3n) is 4.74. The molecular formula is C24H22N2O3S. The number of nitrogens with zero attached hydrogens (tertiary/aromatic N) is 2. The Morgan fingerprint density at radius 2 is 1.50 bits per heavy atom. The highest BCUT2D eigenvalue weighted by Gasteiger charge is 2.20. The number of aromatic nitrogens is 2. The van der Waals surface area contributed by atoms with Gasteiger partial charge in [0.05, 0.1) is 11.5 Å². The predicted molar refractivity (Wildman–Crippen MR) is 117 cm³/mol. The Morgan fingerprint density at radius 3 is 2.20 bits per heavy atom. The summed E-state index contributed by atoms with van der Waals surface area (Å²) in [6.45, 7) is 0.616. The molecule has 0 amide bonds. The van der Waals surface area contributed by atoms with E-state index in [1.807, 2.05) is 42.5 Å². The Hall–Kier alpha value is -3.38. The maximum absolute atomic E-state index is 12.9. The summed E-state index contributed by atoms with van der Waals surface area (Å²) in [6.07, 6.45) is 4.84. The lowest BCUT2D eigenvalue weighted by molar-refractivity contribution is 0.311. The van der Waals surface area contributed by atoms with Crippen molar-refractivity contribution in [3.63, 3.8) is 0 Å². The van der Waals surface area contributed by atoms with Crippen molar-refractivity contribution in [2.45, 2.75) is 17.7 Å². The third-order valence-corrected chi connectivity index (χ3v) is 6.42. The fourth-order valence-corrected chi connectivity index (χ4v) is 4.53. The summed E-state index contributed by atoms with van der Waals surface area (Å²) < 4.78 is 32.9. The van der Waals surface area contributed by atoms with Crippen LogP contribution in [0.2, 0.25) is 0 Å². The Kier molecular flexibility index (Phi) is 5.95. The van der Waals surface area contributed by atoms with Gasteiger partial charge in [0.25, 0.3) is 10.0 Å². The van der Waals surface area contributed by atoms with Gasteiger partial charge in [-0.15, -0.1) is 0 Å². The van der Waals surface area contributed by atoms with Crippen LogP contribution in [0.25, 0.3) is 11.4 Å². The number of ether oxygens (including phenoxy) is 1. The molecule has 1 aromatic heterocycles. The summed E-state index contributed by atoms with van der Waals surface area (Å²) in [5.74, 6) is 1.12.